The minimum atomic E-state index is -0.975. The number of ether oxygens (including phenoxy) is 1. The second-order valence-corrected chi connectivity index (χ2v) is 7.10. The van der Waals surface area contributed by atoms with Crippen LogP contribution in [0.5, 0.6) is 0 Å². The van der Waals surface area contributed by atoms with Crippen LogP contribution in [0.4, 0.5) is 0 Å². The molecule has 2 aromatic carbocycles. The number of carbonyl (C=O) groups excluding carboxylic acids is 1. The minimum absolute atomic E-state index is 0.229. The molecular formula is C17H13Cl4NO4. The Morgan fingerprint density at radius 3 is 1.96 bits per heavy atom. The first-order valence-corrected chi connectivity index (χ1v) is 8.85. The Labute approximate surface area is 169 Å². The van der Waals surface area contributed by atoms with Crippen molar-refractivity contribution >= 4 is 52.4 Å². The zero-order valence-corrected chi connectivity index (χ0v) is 16.4. The fraction of sp³-hybridized carbons (Fsp3) is 0.235. The van der Waals surface area contributed by atoms with Crippen LogP contribution in [0.2, 0.25) is 20.1 Å². The summed E-state index contributed by atoms with van der Waals surface area (Å²) >= 11 is 24.0. The number of nitrogens with zero attached hydrogens (tertiary/aromatic N) is 1. The Morgan fingerprint density at radius 2 is 1.50 bits per heavy atom. The predicted octanol–water partition coefficient (Wildman–Crippen LogP) is 5.62. The van der Waals surface area contributed by atoms with Gasteiger partial charge in [0.25, 0.3) is 0 Å². The van der Waals surface area contributed by atoms with E-state index in [1.54, 1.807) is 12.1 Å². The lowest BCUT2D eigenvalue weighted by atomic mass is 9.81. The van der Waals surface area contributed by atoms with Gasteiger partial charge < -0.3 is 4.74 Å². The quantitative estimate of drug-likeness (QED) is 0.335. The summed E-state index contributed by atoms with van der Waals surface area (Å²) in [5.74, 6) is -2.46. The highest BCUT2D eigenvalue weighted by Gasteiger charge is 2.36. The van der Waals surface area contributed by atoms with Gasteiger partial charge in [-0.2, -0.15) is 0 Å². The monoisotopic (exact) mass is 435 g/mol. The molecule has 0 fully saturated rings. The SMILES string of the molecule is COC(=O)C(c1ccc(Cl)c(Cl)c1)C(C[N+](=O)[O-])c1ccc(Cl)c(Cl)c1. The number of halogens is 4. The van der Waals surface area contributed by atoms with E-state index in [9.17, 15) is 14.9 Å². The molecule has 0 amide bonds. The smallest absolute Gasteiger partial charge is 0.314 e. The molecule has 0 bridgehead atoms. The van der Waals surface area contributed by atoms with Gasteiger partial charge in [0.15, 0.2) is 0 Å². The summed E-state index contributed by atoms with van der Waals surface area (Å²) in [5.41, 5.74) is 0.932. The number of hydrogen-bond acceptors (Lipinski definition) is 4. The lowest BCUT2D eigenvalue weighted by Gasteiger charge is -2.24. The standard InChI is InChI=1S/C17H13Cl4NO4/c1-26-17(23)16(10-3-5-13(19)15(21)7-10)11(8-22(24)25)9-2-4-12(18)14(20)6-9/h2-7,11,16H,8H2,1H3. The van der Waals surface area contributed by atoms with Gasteiger partial charge in [-0.3, -0.25) is 14.9 Å². The molecule has 9 heteroatoms. The Kier molecular flexibility index (Phi) is 7.12. The minimum Gasteiger partial charge on any atom is -0.469 e. The molecule has 2 aromatic rings. The normalized spacial score (nSPS) is 13.1. The molecule has 0 spiro atoms. The number of methoxy groups -OCH3 is 1. The van der Waals surface area contributed by atoms with E-state index in [2.05, 4.69) is 0 Å². The van der Waals surface area contributed by atoms with Crippen LogP contribution in [0.1, 0.15) is 23.0 Å². The van der Waals surface area contributed by atoms with Crippen molar-refractivity contribution in [2.24, 2.45) is 0 Å². The first-order chi connectivity index (χ1) is 12.2. The summed E-state index contributed by atoms with van der Waals surface area (Å²) in [5, 5.41) is 12.3. The van der Waals surface area contributed by atoms with E-state index in [4.69, 9.17) is 51.1 Å². The van der Waals surface area contributed by atoms with Crippen LogP contribution in [0.15, 0.2) is 36.4 Å². The predicted molar refractivity (Wildman–Crippen MR) is 102 cm³/mol. The zero-order chi connectivity index (χ0) is 19.4. The van der Waals surface area contributed by atoms with Gasteiger partial charge in [0.2, 0.25) is 6.54 Å². The van der Waals surface area contributed by atoms with Crippen molar-refractivity contribution in [2.45, 2.75) is 11.8 Å². The van der Waals surface area contributed by atoms with Crippen molar-refractivity contribution in [1.82, 2.24) is 0 Å². The summed E-state index contributed by atoms with van der Waals surface area (Å²) in [6.07, 6.45) is 0. The average molecular weight is 437 g/mol. The van der Waals surface area contributed by atoms with Crippen molar-refractivity contribution in [3.05, 3.63) is 77.7 Å². The van der Waals surface area contributed by atoms with Gasteiger partial charge in [-0.15, -0.1) is 0 Å². The topological polar surface area (TPSA) is 69.4 Å². The van der Waals surface area contributed by atoms with Crippen LogP contribution >= 0.6 is 46.4 Å². The van der Waals surface area contributed by atoms with Gasteiger partial charge >= 0.3 is 5.97 Å². The Bertz CT molecular complexity index is 844. The Morgan fingerprint density at radius 1 is 1.00 bits per heavy atom. The highest BCUT2D eigenvalue weighted by atomic mass is 35.5. The maximum absolute atomic E-state index is 12.5. The molecule has 0 saturated heterocycles. The van der Waals surface area contributed by atoms with E-state index in [1.165, 1.54) is 31.4 Å². The highest BCUT2D eigenvalue weighted by molar-refractivity contribution is 6.42. The number of carbonyl (C=O) groups is 1. The maximum Gasteiger partial charge on any atom is 0.314 e. The summed E-state index contributed by atoms with van der Waals surface area (Å²) in [6, 6.07) is 9.22. The van der Waals surface area contributed by atoms with E-state index in [1.807, 2.05) is 0 Å². The fourth-order valence-electron chi connectivity index (χ4n) is 2.67. The van der Waals surface area contributed by atoms with Crippen molar-refractivity contribution in [1.29, 1.82) is 0 Å². The largest absolute Gasteiger partial charge is 0.469 e. The van der Waals surface area contributed by atoms with Gasteiger partial charge in [0.05, 0.1) is 39.0 Å². The van der Waals surface area contributed by atoms with Crippen molar-refractivity contribution in [3.8, 4) is 0 Å². The molecule has 0 heterocycles. The molecule has 2 unspecified atom stereocenters. The molecule has 0 aliphatic heterocycles. The van der Waals surface area contributed by atoms with E-state index >= 15 is 0 Å². The summed E-state index contributed by atoms with van der Waals surface area (Å²) < 4.78 is 4.88. The molecule has 0 saturated carbocycles. The van der Waals surface area contributed by atoms with Crippen LogP contribution in [0.25, 0.3) is 0 Å². The number of esters is 1. The van der Waals surface area contributed by atoms with Gasteiger partial charge in [0.1, 0.15) is 0 Å². The summed E-state index contributed by atoms with van der Waals surface area (Å²) in [6.45, 7) is -0.516. The third-order valence-electron chi connectivity index (χ3n) is 3.88. The lowest BCUT2D eigenvalue weighted by Crippen LogP contribution is -2.27. The van der Waals surface area contributed by atoms with Crippen molar-refractivity contribution < 1.29 is 14.5 Å². The van der Waals surface area contributed by atoms with Crippen LogP contribution in [-0.2, 0) is 9.53 Å². The van der Waals surface area contributed by atoms with E-state index in [-0.39, 0.29) is 10.0 Å². The molecule has 2 rings (SSSR count). The molecule has 0 radical (unpaired) electrons. The number of benzene rings is 2. The molecule has 0 aliphatic carbocycles. The Balaban J connectivity index is 2.61. The first kappa shape index (κ1) is 20.8. The van der Waals surface area contributed by atoms with Crippen LogP contribution in [0.3, 0.4) is 0 Å². The molecule has 0 N–H and O–H groups in total. The molecule has 0 aromatic heterocycles. The van der Waals surface area contributed by atoms with Crippen LogP contribution < -0.4 is 0 Å². The third-order valence-corrected chi connectivity index (χ3v) is 5.36. The second kappa shape index (κ2) is 8.91. The number of nitro groups is 1. The summed E-state index contributed by atoms with van der Waals surface area (Å²) in [7, 11) is 1.21. The molecule has 5 nitrogen and oxygen atoms in total. The first-order valence-electron chi connectivity index (χ1n) is 7.34. The van der Waals surface area contributed by atoms with Gasteiger partial charge in [0, 0.05) is 4.92 Å². The Hall–Kier alpha value is -1.53. The summed E-state index contributed by atoms with van der Waals surface area (Å²) in [4.78, 5) is 23.2. The highest BCUT2D eigenvalue weighted by Crippen LogP contribution is 2.38. The van der Waals surface area contributed by atoms with E-state index in [0.29, 0.717) is 21.2 Å². The van der Waals surface area contributed by atoms with Crippen LogP contribution in [-0.4, -0.2) is 24.5 Å². The van der Waals surface area contributed by atoms with Gasteiger partial charge in [-0.1, -0.05) is 58.5 Å². The lowest BCUT2D eigenvalue weighted by molar-refractivity contribution is -0.483. The molecular weight excluding hydrogens is 424 g/mol. The zero-order valence-electron chi connectivity index (χ0n) is 13.4. The number of hydrogen-bond donors (Lipinski definition) is 0. The number of rotatable bonds is 6. The van der Waals surface area contributed by atoms with Crippen molar-refractivity contribution in [2.75, 3.05) is 13.7 Å². The molecule has 26 heavy (non-hydrogen) atoms. The van der Waals surface area contributed by atoms with Crippen LogP contribution in [0, 0.1) is 10.1 Å². The molecule has 138 valence electrons. The second-order valence-electron chi connectivity index (χ2n) is 5.47. The van der Waals surface area contributed by atoms with Gasteiger partial charge in [-0.05, 0) is 35.4 Å². The van der Waals surface area contributed by atoms with Crippen molar-refractivity contribution in [3.63, 3.8) is 0 Å². The molecule has 0 aliphatic rings. The van der Waals surface area contributed by atoms with E-state index < -0.39 is 29.3 Å². The maximum atomic E-state index is 12.5. The average Bonchev–Trinajstić information content (AvgIpc) is 2.59. The third kappa shape index (κ3) is 4.80. The molecule has 2 atom stereocenters. The fourth-order valence-corrected chi connectivity index (χ4v) is 3.29. The van der Waals surface area contributed by atoms with E-state index in [0.717, 1.165) is 0 Å². The van der Waals surface area contributed by atoms with Gasteiger partial charge in [-0.25, -0.2) is 0 Å².